The second-order valence-corrected chi connectivity index (χ2v) is 7.19. The largest absolute Gasteiger partial charge is 0.379 e. The number of hydrogen-bond acceptors (Lipinski definition) is 3. The number of hydrogen-bond donors (Lipinski definition) is 1. The number of carbonyl (C=O) groups is 1. The lowest BCUT2D eigenvalue weighted by atomic mass is 9.81. The molecule has 1 heterocycles. The number of carbonyl (C=O) groups excluding carboxylic acids is 1. The summed E-state index contributed by atoms with van der Waals surface area (Å²) in [5, 5.41) is 2.32. The van der Waals surface area contributed by atoms with Crippen LogP contribution in [-0.2, 0) is 16.0 Å². The normalized spacial score (nSPS) is 17.1. The van der Waals surface area contributed by atoms with Crippen LogP contribution in [0.25, 0.3) is 10.8 Å². The Hall–Kier alpha value is -1.91. The number of amides is 1. The van der Waals surface area contributed by atoms with Gasteiger partial charge in [0.15, 0.2) is 0 Å². The lowest BCUT2D eigenvalue weighted by Crippen LogP contribution is -2.37. The third-order valence-electron chi connectivity index (χ3n) is 5.15. The molecule has 134 valence electrons. The maximum Gasteiger partial charge on any atom is 0.225 e. The minimum Gasteiger partial charge on any atom is -0.379 e. The van der Waals surface area contributed by atoms with Gasteiger partial charge in [-0.3, -0.25) is 9.69 Å². The van der Waals surface area contributed by atoms with Gasteiger partial charge >= 0.3 is 0 Å². The Morgan fingerprint density at radius 3 is 2.56 bits per heavy atom. The van der Waals surface area contributed by atoms with Crippen LogP contribution in [0.2, 0.25) is 0 Å². The molecule has 0 spiro atoms. The molecule has 2 aromatic rings. The molecule has 1 atom stereocenters. The zero-order valence-corrected chi connectivity index (χ0v) is 15.2. The molecular weight excluding hydrogens is 312 g/mol. The summed E-state index contributed by atoms with van der Waals surface area (Å²) in [6.07, 6.45) is 0.927. The molecule has 1 amide bonds. The molecule has 1 aliphatic rings. The lowest BCUT2D eigenvalue weighted by Gasteiger charge is -2.28. The summed E-state index contributed by atoms with van der Waals surface area (Å²) in [6, 6.07) is 12.6. The summed E-state index contributed by atoms with van der Waals surface area (Å²) in [6.45, 7) is 8.70. The summed E-state index contributed by atoms with van der Waals surface area (Å²) in [5.74, 6) is -0.324. The van der Waals surface area contributed by atoms with Gasteiger partial charge in [-0.25, -0.2) is 0 Å². The predicted octanol–water partition coefficient (Wildman–Crippen LogP) is 2.94. The number of primary amides is 1. The van der Waals surface area contributed by atoms with Gasteiger partial charge < -0.3 is 10.5 Å². The summed E-state index contributed by atoms with van der Waals surface area (Å²) >= 11 is 0. The zero-order chi connectivity index (χ0) is 17.8. The van der Waals surface area contributed by atoms with E-state index in [9.17, 15) is 4.79 Å². The van der Waals surface area contributed by atoms with Gasteiger partial charge in [0.25, 0.3) is 0 Å². The van der Waals surface area contributed by atoms with Crippen molar-refractivity contribution in [2.75, 3.05) is 32.8 Å². The van der Waals surface area contributed by atoms with Crippen LogP contribution in [0.15, 0.2) is 36.4 Å². The number of nitrogens with two attached hydrogens (primary N) is 1. The Bertz CT molecular complexity index is 736. The highest BCUT2D eigenvalue weighted by molar-refractivity contribution is 5.93. The summed E-state index contributed by atoms with van der Waals surface area (Å²) in [4.78, 5) is 14.7. The van der Waals surface area contributed by atoms with Crippen molar-refractivity contribution in [1.29, 1.82) is 0 Å². The van der Waals surface area contributed by atoms with Gasteiger partial charge in [0.2, 0.25) is 5.91 Å². The first-order valence-corrected chi connectivity index (χ1v) is 9.18. The highest BCUT2D eigenvalue weighted by atomic mass is 16.5. The lowest BCUT2D eigenvalue weighted by molar-refractivity contribution is -0.120. The molecule has 0 bridgehead atoms. The number of fused-ring (bicyclic) bond motifs is 1. The maximum absolute atomic E-state index is 12.2. The number of rotatable bonds is 6. The fourth-order valence-corrected chi connectivity index (χ4v) is 3.83. The second kappa shape index (κ2) is 7.98. The number of benzene rings is 2. The Morgan fingerprint density at radius 2 is 1.88 bits per heavy atom. The van der Waals surface area contributed by atoms with Crippen molar-refractivity contribution in [2.45, 2.75) is 26.2 Å². The van der Waals surface area contributed by atoms with Crippen LogP contribution < -0.4 is 5.73 Å². The SMILES string of the molecule is CC(C)C(C(N)=O)c1c(CCN2CCOCC2)ccc2ccccc12. The molecular formula is C21H28N2O2. The van der Waals surface area contributed by atoms with Crippen LogP contribution in [0, 0.1) is 5.92 Å². The molecule has 0 saturated carbocycles. The summed E-state index contributed by atoms with van der Waals surface area (Å²) < 4.78 is 5.43. The topological polar surface area (TPSA) is 55.6 Å². The number of morpholine rings is 1. The van der Waals surface area contributed by atoms with E-state index in [1.54, 1.807) is 0 Å². The van der Waals surface area contributed by atoms with Crippen molar-refractivity contribution in [2.24, 2.45) is 11.7 Å². The first-order valence-electron chi connectivity index (χ1n) is 9.18. The van der Waals surface area contributed by atoms with Gasteiger partial charge in [0.1, 0.15) is 0 Å². The molecule has 4 heteroatoms. The van der Waals surface area contributed by atoms with Crippen LogP contribution in [0.4, 0.5) is 0 Å². The van der Waals surface area contributed by atoms with E-state index in [2.05, 4.69) is 43.0 Å². The average Bonchev–Trinajstić information content (AvgIpc) is 2.61. The van der Waals surface area contributed by atoms with Crippen molar-refractivity contribution in [1.82, 2.24) is 4.90 Å². The average molecular weight is 340 g/mol. The van der Waals surface area contributed by atoms with Crippen LogP contribution in [0.5, 0.6) is 0 Å². The van der Waals surface area contributed by atoms with Crippen molar-refractivity contribution in [3.63, 3.8) is 0 Å². The molecule has 0 aromatic heterocycles. The maximum atomic E-state index is 12.2. The Labute approximate surface area is 149 Å². The molecule has 0 radical (unpaired) electrons. The van der Waals surface area contributed by atoms with Crippen molar-refractivity contribution >= 4 is 16.7 Å². The minimum atomic E-state index is -0.259. The van der Waals surface area contributed by atoms with E-state index in [4.69, 9.17) is 10.5 Å². The molecule has 1 unspecified atom stereocenters. The summed E-state index contributed by atoms with van der Waals surface area (Å²) in [5.41, 5.74) is 8.16. The monoisotopic (exact) mass is 340 g/mol. The van der Waals surface area contributed by atoms with Gasteiger partial charge in [-0.2, -0.15) is 0 Å². The molecule has 25 heavy (non-hydrogen) atoms. The highest BCUT2D eigenvalue weighted by Gasteiger charge is 2.26. The summed E-state index contributed by atoms with van der Waals surface area (Å²) in [7, 11) is 0. The molecule has 3 rings (SSSR count). The molecule has 2 aromatic carbocycles. The Balaban J connectivity index is 1.98. The van der Waals surface area contributed by atoms with E-state index in [0.29, 0.717) is 0 Å². The quantitative estimate of drug-likeness (QED) is 0.880. The third kappa shape index (κ3) is 4.02. The van der Waals surface area contributed by atoms with Crippen molar-refractivity contribution < 1.29 is 9.53 Å². The van der Waals surface area contributed by atoms with Gasteiger partial charge in [-0.1, -0.05) is 50.2 Å². The number of ether oxygens (including phenoxy) is 1. The second-order valence-electron chi connectivity index (χ2n) is 7.19. The third-order valence-corrected chi connectivity index (χ3v) is 5.15. The van der Waals surface area contributed by atoms with Gasteiger partial charge in [0.05, 0.1) is 19.1 Å². The highest BCUT2D eigenvalue weighted by Crippen LogP contribution is 2.34. The van der Waals surface area contributed by atoms with E-state index in [1.165, 1.54) is 10.9 Å². The standard InChI is InChI=1S/C21H28N2O2/c1-15(2)19(21(22)24)20-17(9-10-23-11-13-25-14-12-23)8-7-16-5-3-4-6-18(16)20/h3-8,15,19H,9-14H2,1-2H3,(H2,22,24). The van der Waals surface area contributed by atoms with Gasteiger partial charge in [-0.15, -0.1) is 0 Å². The van der Waals surface area contributed by atoms with E-state index in [-0.39, 0.29) is 17.7 Å². The molecule has 1 fully saturated rings. The van der Waals surface area contributed by atoms with E-state index in [0.717, 1.165) is 50.2 Å². The van der Waals surface area contributed by atoms with Crippen molar-refractivity contribution in [3.05, 3.63) is 47.5 Å². The smallest absolute Gasteiger partial charge is 0.225 e. The number of nitrogens with zero attached hydrogens (tertiary/aromatic N) is 1. The van der Waals surface area contributed by atoms with Crippen molar-refractivity contribution in [3.8, 4) is 0 Å². The van der Waals surface area contributed by atoms with Gasteiger partial charge in [-0.05, 0) is 34.2 Å². The van der Waals surface area contributed by atoms with E-state index in [1.807, 2.05) is 12.1 Å². The molecule has 4 nitrogen and oxygen atoms in total. The molecule has 1 aliphatic heterocycles. The zero-order valence-electron chi connectivity index (χ0n) is 15.2. The first kappa shape index (κ1) is 17.9. The Morgan fingerprint density at radius 1 is 1.16 bits per heavy atom. The molecule has 0 aliphatic carbocycles. The van der Waals surface area contributed by atoms with Crippen LogP contribution in [0.1, 0.15) is 30.9 Å². The van der Waals surface area contributed by atoms with Crippen LogP contribution in [-0.4, -0.2) is 43.7 Å². The predicted molar refractivity (Wildman–Crippen MR) is 102 cm³/mol. The first-order chi connectivity index (χ1) is 12.1. The molecule has 2 N–H and O–H groups in total. The fraction of sp³-hybridized carbons (Fsp3) is 0.476. The van der Waals surface area contributed by atoms with E-state index >= 15 is 0 Å². The van der Waals surface area contributed by atoms with Gasteiger partial charge in [0, 0.05) is 19.6 Å². The van der Waals surface area contributed by atoms with Crippen LogP contribution in [0.3, 0.4) is 0 Å². The van der Waals surface area contributed by atoms with Crippen LogP contribution >= 0.6 is 0 Å². The molecule has 1 saturated heterocycles. The minimum absolute atomic E-state index is 0.172. The Kier molecular flexibility index (Phi) is 5.71. The fourth-order valence-electron chi connectivity index (χ4n) is 3.83. The van der Waals surface area contributed by atoms with E-state index < -0.39 is 0 Å².